The first-order chi connectivity index (χ1) is 16.6. The summed E-state index contributed by atoms with van der Waals surface area (Å²) in [6.07, 6.45) is 5.48. The van der Waals surface area contributed by atoms with E-state index in [0.717, 1.165) is 28.4 Å². The van der Waals surface area contributed by atoms with E-state index >= 15 is 0 Å². The SMILES string of the molecule is Cc1ccc(OCc2ccc(OC3CN(c4cccc(C(=O)O)c4-n4cccc4)C3)cc2)cn1. The molecule has 0 bridgehead atoms. The number of carboxylic acid groups (broad SMARTS) is 1. The highest BCUT2D eigenvalue weighted by Gasteiger charge is 2.31. The molecule has 0 atom stereocenters. The highest BCUT2D eigenvalue weighted by atomic mass is 16.5. The summed E-state index contributed by atoms with van der Waals surface area (Å²) in [5.41, 5.74) is 3.84. The molecule has 1 fully saturated rings. The highest BCUT2D eigenvalue weighted by molar-refractivity contribution is 5.95. The van der Waals surface area contributed by atoms with Gasteiger partial charge in [-0.25, -0.2) is 4.79 Å². The summed E-state index contributed by atoms with van der Waals surface area (Å²) in [6.45, 7) is 3.77. The first-order valence-electron chi connectivity index (χ1n) is 11.1. The van der Waals surface area contributed by atoms with Gasteiger partial charge in [-0.2, -0.15) is 0 Å². The smallest absolute Gasteiger partial charge is 0.337 e. The third-order valence-electron chi connectivity index (χ3n) is 5.81. The molecule has 1 saturated heterocycles. The van der Waals surface area contributed by atoms with Crippen LogP contribution in [0.2, 0.25) is 0 Å². The summed E-state index contributed by atoms with van der Waals surface area (Å²) in [4.78, 5) is 18.2. The first-order valence-corrected chi connectivity index (χ1v) is 11.1. The third-order valence-corrected chi connectivity index (χ3v) is 5.81. The largest absolute Gasteiger partial charge is 0.487 e. The van der Waals surface area contributed by atoms with Crippen molar-refractivity contribution in [2.75, 3.05) is 18.0 Å². The van der Waals surface area contributed by atoms with Gasteiger partial charge >= 0.3 is 5.97 Å². The Balaban J connectivity index is 1.20. The van der Waals surface area contributed by atoms with Gasteiger partial charge in [0.2, 0.25) is 0 Å². The number of aromatic carboxylic acids is 1. The van der Waals surface area contributed by atoms with Gasteiger partial charge in [-0.05, 0) is 61.0 Å². The first kappa shape index (κ1) is 21.6. The number of aryl methyl sites for hydroxylation is 1. The van der Waals surface area contributed by atoms with Crippen molar-refractivity contribution in [1.29, 1.82) is 0 Å². The van der Waals surface area contributed by atoms with Gasteiger partial charge in [0.15, 0.2) is 0 Å². The minimum atomic E-state index is -0.943. The fraction of sp³-hybridized carbons (Fsp3) is 0.185. The lowest BCUT2D eigenvalue weighted by Gasteiger charge is -2.41. The van der Waals surface area contributed by atoms with Gasteiger partial charge in [-0.3, -0.25) is 4.98 Å². The Kier molecular flexibility index (Phi) is 5.91. The Morgan fingerprint density at radius 1 is 1.00 bits per heavy atom. The van der Waals surface area contributed by atoms with Crippen molar-refractivity contribution in [3.05, 3.63) is 102 Å². The zero-order chi connectivity index (χ0) is 23.5. The number of nitrogens with zero attached hydrogens (tertiary/aromatic N) is 3. The molecule has 2 aromatic heterocycles. The molecule has 0 amide bonds. The van der Waals surface area contributed by atoms with Crippen LogP contribution in [0.1, 0.15) is 21.6 Å². The lowest BCUT2D eigenvalue weighted by atomic mass is 10.1. The van der Waals surface area contributed by atoms with E-state index in [1.54, 1.807) is 18.3 Å². The standard InChI is InChI=1S/C27H25N3O4/c1-19-7-10-22(15-28-19)33-18-20-8-11-21(12-9-20)34-23-16-30(17-23)25-6-4-5-24(27(31)32)26(25)29-13-2-3-14-29/h2-15,23H,16-18H2,1H3,(H,31,32). The number of anilines is 1. The summed E-state index contributed by atoms with van der Waals surface area (Å²) >= 11 is 0. The molecule has 0 radical (unpaired) electrons. The number of hydrogen-bond acceptors (Lipinski definition) is 5. The van der Waals surface area contributed by atoms with Crippen molar-refractivity contribution in [1.82, 2.24) is 9.55 Å². The highest BCUT2D eigenvalue weighted by Crippen LogP contribution is 2.32. The third kappa shape index (κ3) is 4.59. The fourth-order valence-corrected chi connectivity index (χ4v) is 3.99. The predicted octanol–water partition coefficient (Wildman–Crippen LogP) is 4.73. The monoisotopic (exact) mass is 455 g/mol. The van der Waals surface area contributed by atoms with Crippen LogP contribution < -0.4 is 14.4 Å². The maximum atomic E-state index is 11.8. The number of hydrogen-bond donors (Lipinski definition) is 1. The predicted molar refractivity (Wildman–Crippen MR) is 129 cm³/mol. The molecule has 172 valence electrons. The van der Waals surface area contributed by atoms with E-state index in [0.29, 0.717) is 25.4 Å². The number of para-hydroxylation sites is 1. The molecule has 2 aromatic carbocycles. The van der Waals surface area contributed by atoms with E-state index in [1.807, 2.05) is 78.5 Å². The second-order valence-electron chi connectivity index (χ2n) is 8.28. The Bertz CT molecular complexity index is 1260. The van der Waals surface area contributed by atoms with Crippen LogP contribution in [0, 0.1) is 6.92 Å². The minimum Gasteiger partial charge on any atom is -0.487 e. The van der Waals surface area contributed by atoms with E-state index in [4.69, 9.17) is 9.47 Å². The molecule has 1 aliphatic heterocycles. The van der Waals surface area contributed by atoms with Crippen LogP contribution in [0.4, 0.5) is 5.69 Å². The van der Waals surface area contributed by atoms with E-state index in [2.05, 4.69) is 9.88 Å². The fourth-order valence-electron chi connectivity index (χ4n) is 3.99. The second-order valence-corrected chi connectivity index (χ2v) is 8.28. The molecule has 1 aliphatic rings. The maximum Gasteiger partial charge on any atom is 0.337 e. The summed E-state index contributed by atoms with van der Waals surface area (Å²) in [7, 11) is 0. The van der Waals surface area contributed by atoms with Crippen molar-refractivity contribution in [2.45, 2.75) is 19.6 Å². The van der Waals surface area contributed by atoms with Crippen molar-refractivity contribution in [2.24, 2.45) is 0 Å². The van der Waals surface area contributed by atoms with Gasteiger partial charge in [-0.15, -0.1) is 0 Å². The van der Waals surface area contributed by atoms with Gasteiger partial charge in [-0.1, -0.05) is 18.2 Å². The quantitative estimate of drug-likeness (QED) is 0.414. The molecular weight excluding hydrogens is 430 g/mol. The lowest BCUT2D eigenvalue weighted by Crippen LogP contribution is -2.54. The van der Waals surface area contributed by atoms with Gasteiger partial charge in [0.05, 0.1) is 36.2 Å². The van der Waals surface area contributed by atoms with Crippen molar-refractivity contribution < 1.29 is 19.4 Å². The summed E-state index contributed by atoms with van der Waals surface area (Å²) in [6, 6.07) is 20.9. The van der Waals surface area contributed by atoms with Crippen molar-refractivity contribution in [3.63, 3.8) is 0 Å². The van der Waals surface area contributed by atoms with Crippen molar-refractivity contribution in [3.8, 4) is 17.2 Å². The molecule has 5 rings (SSSR count). The number of carbonyl (C=O) groups is 1. The molecule has 1 N–H and O–H groups in total. The van der Waals surface area contributed by atoms with Crippen LogP contribution in [0.15, 0.2) is 85.3 Å². The van der Waals surface area contributed by atoms with Crippen molar-refractivity contribution >= 4 is 11.7 Å². The van der Waals surface area contributed by atoms with Crippen LogP contribution in [-0.4, -0.2) is 39.8 Å². The second kappa shape index (κ2) is 9.31. The Morgan fingerprint density at radius 3 is 2.41 bits per heavy atom. The molecule has 34 heavy (non-hydrogen) atoms. The van der Waals surface area contributed by atoms with E-state index < -0.39 is 5.97 Å². The molecule has 7 nitrogen and oxygen atoms in total. The van der Waals surface area contributed by atoms with Crippen LogP contribution >= 0.6 is 0 Å². The summed E-state index contributed by atoms with van der Waals surface area (Å²) in [5.74, 6) is 0.601. The van der Waals surface area contributed by atoms with Gasteiger partial charge in [0, 0.05) is 18.1 Å². The van der Waals surface area contributed by atoms with E-state index in [9.17, 15) is 9.90 Å². The average Bonchev–Trinajstić information content (AvgIpc) is 3.36. The zero-order valence-corrected chi connectivity index (χ0v) is 18.8. The van der Waals surface area contributed by atoms with Crippen LogP contribution in [-0.2, 0) is 6.61 Å². The van der Waals surface area contributed by atoms with E-state index in [-0.39, 0.29) is 11.7 Å². The van der Waals surface area contributed by atoms with Crippen LogP contribution in [0.25, 0.3) is 5.69 Å². The molecule has 0 saturated carbocycles. The Morgan fingerprint density at radius 2 is 1.74 bits per heavy atom. The summed E-state index contributed by atoms with van der Waals surface area (Å²) in [5, 5.41) is 9.68. The minimum absolute atomic E-state index is 0.0340. The molecular formula is C27H25N3O4. The van der Waals surface area contributed by atoms with Crippen LogP contribution in [0.3, 0.4) is 0 Å². The number of rotatable bonds is 8. The molecule has 4 aromatic rings. The molecule has 0 spiro atoms. The topological polar surface area (TPSA) is 76.8 Å². The molecule has 0 unspecified atom stereocenters. The van der Waals surface area contributed by atoms with E-state index in [1.165, 1.54) is 0 Å². The molecule has 3 heterocycles. The number of pyridine rings is 1. The average molecular weight is 456 g/mol. The summed E-state index contributed by atoms with van der Waals surface area (Å²) < 4.78 is 13.8. The van der Waals surface area contributed by atoms with Crippen LogP contribution in [0.5, 0.6) is 11.5 Å². The Hall–Kier alpha value is -4.26. The number of benzene rings is 2. The normalized spacial score (nSPS) is 13.4. The number of aromatic nitrogens is 2. The molecule has 7 heteroatoms. The maximum absolute atomic E-state index is 11.8. The Labute approximate surface area is 197 Å². The van der Waals surface area contributed by atoms with Gasteiger partial charge in [0.1, 0.15) is 24.2 Å². The van der Waals surface area contributed by atoms with Gasteiger partial charge in [0.25, 0.3) is 0 Å². The van der Waals surface area contributed by atoms with Gasteiger partial charge < -0.3 is 24.0 Å². The molecule has 0 aliphatic carbocycles. The zero-order valence-electron chi connectivity index (χ0n) is 18.8. The number of ether oxygens (including phenoxy) is 2. The number of carboxylic acids is 1. The lowest BCUT2D eigenvalue weighted by molar-refractivity contribution is 0.0697.